The summed E-state index contributed by atoms with van der Waals surface area (Å²) in [4.78, 5) is 0. The summed E-state index contributed by atoms with van der Waals surface area (Å²) < 4.78 is 0. The zero-order valence-corrected chi connectivity index (χ0v) is 10.7. The zero-order chi connectivity index (χ0) is 11.0. The van der Waals surface area contributed by atoms with Crippen LogP contribution in [0.3, 0.4) is 0 Å². The first kappa shape index (κ1) is 14.0. The van der Waals surface area contributed by atoms with Crippen LogP contribution >= 0.6 is 0 Å². The van der Waals surface area contributed by atoms with Gasteiger partial charge in [0.25, 0.3) is 0 Å². The first-order valence-electron chi connectivity index (χ1n) is 6.46. The molecule has 0 fully saturated rings. The lowest BCUT2D eigenvalue weighted by atomic mass is 9.68. The summed E-state index contributed by atoms with van der Waals surface area (Å²) in [5.74, 6) is 0.849. The van der Waals surface area contributed by atoms with Gasteiger partial charge in [0, 0.05) is 0 Å². The normalized spacial score (nSPS) is 14.4. The van der Waals surface area contributed by atoms with Crippen LogP contribution in [0.2, 0.25) is 0 Å². The molecule has 85 valence electrons. The maximum Gasteiger partial charge on any atom is -0.0277 e. The number of rotatable bonds is 8. The number of hydrogen-bond donors (Lipinski definition) is 0. The molecule has 0 aromatic rings. The second-order valence-electron chi connectivity index (χ2n) is 4.72. The molecule has 0 saturated carbocycles. The van der Waals surface area contributed by atoms with Gasteiger partial charge in [0.05, 0.1) is 0 Å². The number of unbranched alkanes of at least 4 members (excludes halogenated alkanes) is 2. The minimum Gasteiger partial charge on any atom is -0.0654 e. The SMILES string of the molecule is [CH2]CC(CC)(CC)C(C)CCCCC. The quantitative estimate of drug-likeness (QED) is 0.467. The van der Waals surface area contributed by atoms with Crippen molar-refractivity contribution in [3.05, 3.63) is 6.92 Å². The summed E-state index contributed by atoms with van der Waals surface area (Å²) >= 11 is 0. The molecule has 0 aliphatic rings. The lowest BCUT2D eigenvalue weighted by molar-refractivity contribution is 0.146. The van der Waals surface area contributed by atoms with Gasteiger partial charge >= 0.3 is 0 Å². The first-order chi connectivity index (χ1) is 6.66. The molecule has 0 N–H and O–H groups in total. The minimum absolute atomic E-state index is 0.522. The first-order valence-corrected chi connectivity index (χ1v) is 6.46. The van der Waals surface area contributed by atoms with E-state index in [1.54, 1.807) is 0 Å². The van der Waals surface area contributed by atoms with Gasteiger partial charge in [-0.25, -0.2) is 0 Å². The lowest BCUT2D eigenvalue weighted by Crippen LogP contribution is -2.26. The van der Waals surface area contributed by atoms with Crippen LogP contribution in [0.15, 0.2) is 0 Å². The van der Waals surface area contributed by atoms with Crippen LogP contribution in [0.5, 0.6) is 0 Å². The predicted molar refractivity (Wildman–Crippen MR) is 66.3 cm³/mol. The largest absolute Gasteiger partial charge is 0.0654 e. The van der Waals surface area contributed by atoms with Crippen LogP contribution in [0.25, 0.3) is 0 Å². The standard InChI is InChI=1S/C14H29/c1-6-10-11-12-13(5)14(7-2,8-3)9-4/h13H,2,6-12H2,1,3-5H3. The molecule has 0 amide bonds. The molecule has 14 heavy (non-hydrogen) atoms. The highest BCUT2D eigenvalue weighted by Gasteiger charge is 2.29. The van der Waals surface area contributed by atoms with Crippen molar-refractivity contribution in [1.82, 2.24) is 0 Å². The summed E-state index contributed by atoms with van der Waals surface area (Å²) in [7, 11) is 0. The highest BCUT2D eigenvalue weighted by Crippen LogP contribution is 2.40. The summed E-state index contributed by atoms with van der Waals surface area (Å²) in [6.07, 6.45) is 9.21. The Balaban J connectivity index is 4.07. The second-order valence-corrected chi connectivity index (χ2v) is 4.72. The topological polar surface area (TPSA) is 0 Å². The van der Waals surface area contributed by atoms with Crippen LogP contribution in [0.1, 0.15) is 72.6 Å². The van der Waals surface area contributed by atoms with E-state index in [1.165, 1.54) is 38.5 Å². The summed E-state index contributed by atoms with van der Waals surface area (Å²) in [6, 6.07) is 0. The maximum absolute atomic E-state index is 4.15. The van der Waals surface area contributed by atoms with Crippen LogP contribution in [0.4, 0.5) is 0 Å². The smallest absolute Gasteiger partial charge is 0.0277 e. The van der Waals surface area contributed by atoms with Crippen molar-refractivity contribution in [3.8, 4) is 0 Å². The average molecular weight is 197 g/mol. The van der Waals surface area contributed by atoms with Gasteiger partial charge in [0.2, 0.25) is 0 Å². The molecule has 1 radical (unpaired) electrons. The summed E-state index contributed by atoms with van der Waals surface area (Å²) in [5, 5.41) is 0. The fourth-order valence-corrected chi connectivity index (χ4v) is 2.55. The van der Waals surface area contributed by atoms with E-state index in [1.807, 2.05) is 0 Å². The highest BCUT2D eigenvalue weighted by atomic mass is 14.3. The Hall–Kier alpha value is 0. The molecule has 0 nitrogen and oxygen atoms in total. The molecule has 0 heteroatoms. The van der Waals surface area contributed by atoms with Crippen molar-refractivity contribution < 1.29 is 0 Å². The van der Waals surface area contributed by atoms with E-state index in [-0.39, 0.29) is 0 Å². The van der Waals surface area contributed by atoms with Gasteiger partial charge < -0.3 is 0 Å². The van der Waals surface area contributed by atoms with Crippen LogP contribution < -0.4 is 0 Å². The predicted octanol–water partition coefficient (Wildman–Crippen LogP) is 5.23. The molecule has 0 aliphatic heterocycles. The Morgan fingerprint density at radius 1 is 1.07 bits per heavy atom. The van der Waals surface area contributed by atoms with E-state index in [4.69, 9.17) is 0 Å². The fraction of sp³-hybridized carbons (Fsp3) is 0.929. The lowest BCUT2D eigenvalue weighted by Gasteiger charge is -2.37. The van der Waals surface area contributed by atoms with Crippen molar-refractivity contribution >= 4 is 0 Å². The Morgan fingerprint density at radius 2 is 1.64 bits per heavy atom. The maximum atomic E-state index is 4.15. The molecular weight excluding hydrogens is 168 g/mol. The monoisotopic (exact) mass is 197 g/mol. The van der Waals surface area contributed by atoms with Crippen molar-refractivity contribution in [2.45, 2.75) is 72.6 Å². The third-order valence-electron chi connectivity index (χ3n) is 4.19. The zero-order valence-electron chi connectivity index (χ0n) is 10.7. The van der Waals surface area contributed by atoms with Crippen molar-refractivity contribution in [2.75, 3.05) is 0 Å². The molecule has 0 aromatic carbocycles. The van der Waals surface area contributed by atoms with Gasteiger partial charge in [0.15, 0.2) is 0 Å². The second kappa shape index (κ2) is 7.31. The summed E-state index contributed by atoms with van der Waals surface area (Å²) in [5.41, 5.74) is 0.522. The van der Waals surface area contributed by atoms with Crippen LogP contribution in [0, 0.1) is 18.3 Å². The van der Waals surface area contributed by atoms with Crippen molar-refractivity contribution in [3.63, 3.8) is 0 Å². The number of hydrogen-bond acceptors (Lipinski definition) is 0. The van der Waals surface area contributed by atoms with E-state index in [0.29, 0.717) is 5.41 Å². The molecule has 0 bridgehead atoms. The Morgan fingerprint density at radius 3 is 2.00 bits per heavy atom. The molecule has 0 heterocycles. The molecule has 0 aromatic heterocycles. The minimum atomic E-state index is 0.522. The molecule has 0 saturated heterocycles. The molecule has 0 aliphatic carbocycles. The van der Waals surface area contributed by atoms with Crippen LogP contribution in [-0.2, 0) is 0 Å². The fourth-order valence-electron chi connectivity index (χ4n) is 2.55. The van der Waals surface area contributed by atoms with E-state index < -0.39 is 0 Å². The van der Waals surface area contributed by atoms with Crippen LogP contribution in [-0.4, -0.2) is 0 Å². The van der Waals surface area contributed by atoms with Gasteiger partial charge in [-0.2, -0.15) is 0 Å². The van der Waals surface area contributed by atoms with Gasteiger partial charge in [-0.3, -0.25) is 0 Å². The van der Waals surface area contributed by atoms with Gasteiger partial charge in [-0.05, 0) is 17.8 Å². The van der Waals surface area contributed by atoms with E-state index >= 15 is 0 Å². The third kappa shape index (κ3) is 3.63. The Bertz CT molecular complexity index is 114. The third-order valence-corrected chi connectivity index (χ3v) is 4.19. The average Bonchev–Trinajstić information content (AvgIpc) is 2.22. The van der Waals surface area contributed by atoms with E-state index in [0.717, 1.165) is 12.3 Å². The summed E-state index contributed by atoms with van der Waals surface area (Å²) in [6.45, 7) is 13.5. The van der Waals surface area contributed by atoms with Crippen molar-refractivity contribution in [2.24, 2.45) is 11.3 Å². The Kier molecular flexibility index (Phi) is 7.31. The molecular formula is C14H29. The Labute approximate surface area is 91.5 Å². The molecule has 1 unspecified atom stereocenters. The van der Waals surface area contributed by atoms with Crippen molar-refractivity contribution in [1.29, 1.82) is 0 Å². The van der Waals surface area contributed by atoms with Gasteiger partial charge in [0.1, 0.15) is 0 Å². The van der Waals surface area contributed by atoms with E-state index in [2.05, 4.69) is 34.6 Å². The molecule has 0 rings (SSSR count). The molecule has 1 atom stereocenters. The van der Waals surface area contributed by atoms with E-state index in [9.17, 15) is 0 Å². The highest BCUT2D eigenvalue weighted by molar-refractivity contribution is 4.82. The van der Waals surface area contributed by atoms with Gasteiger partial charge in [-0.1, -0.05) is 73.1 Å². The van der Waals surface area contributed by atoms with Gasteiger partial charge in [-0.15, -0.1) is 0 Å². The molecule has 0 spiro atoms.